The fourth-order valence-electron chi connectivity index (χ4n) is 4.13. The molecule has 1 unspecified atom stereocenters. The molecule has 3 aromatic rings. The molecule has 0 spiro atoms. The molecule has 1 aliphatic heterocycles. The Kier molecular flexibility index (Phi) is 6.80. The maximum absolute atomic E-state index is 12.2. The van der Waals surface area contributed by atoms with Crippen molar-refractivity contribution in [3.8, 4) is 11.8 Å². The van der Waals surface area contributed by atoms with Crippen LogP contribution in [0.15, 0.2) is 48.5 Å². The fraction of sp³-hybridized carbons (Fsp3) is 0.407. The van der Waals surface area contributed by atoms with Gasteiger partial charge >= 0.3 is 6.09 Å². The van der Waals surface area contributed by atoms with Crippen molar-refractivity contribution >= 4 is 17.0 Å². The van der Waals surface area contributed by atoms with Crippen molar-refractivity contribution in [2.75, 3.05) is 13.1 Å². The fourth-order valence-corrected chi connectivity index (χ4v) is 4.13. The molecule has 2 aromatic carbocycles. The average molecular weight is 462 g/mol. The Morgan fingerprint density at radius 1 is 1.24 bits per heavy atom. The number of fused-ring (bicyclic) bond motifs is 1. The number of aliphatic hydroxyl groups excluding tert-OH is 1. The predicted molar refractivity (Wildman–Crippen MR) is 130 cm³/mol. The van der Waals surface area contributed by atoms with Crippen molar-refractivity contribution < 1.29 is 19.4 Å². The molecule has 1 saturated heterocycles. The van der Waals surface area contributed by atoms with Crippen LogP contribution in [0.1, 0.15) is 56.5 Å². The first kappa shape index (κ1) is 23.7. The van der Waals surface area contributed by atoms with Gasteiger partial charge in [-0.05, 0) is 74.9 Å². The summed E-state index contributed by atoms with van der Waals surface area (Å²) < 4.78 is 11.5. The molecular weight excluding hydrogens is 430 g/mol. The lowest BCUT2D eigenvalue weighted by Crippen LogP contribution is -2.36. The van der Waals surface area contributed by atoms with Gasteiger partial charge in [-0.3, -0.25) is 0 Å². The van der Waals surface area contributed by atoms with Gasteiger partial charge in [-0.1, -0.05) is 18.2 Å². The van der Waals surface area contributed by atoms with Gasteiger partial charge in [-0.25, -0.2) is 4.79 Å². The molecule has 0 radical (unpaired) electrons. The normalized spacial score (nSPS) is 16.9. The van der Waals surface area contributed by atoms with Gasteiger partial charge in [0.05, 0.1) is 24.3 Å². The number of aromatic amines is 1. The van der Waals surface area contributed by atoms with Crippen LogP contribution in [0, 0.1) is 11.3 Å². The summed E-state index contributed by atoms with van der Waals surface area (Å²) in [6.45, 7) is 6.69. The zero-order valence-corrected chi connectivity index (χ0v) is 19.9. The van der Waals surface area contributed by atoms with E-state index in [2.05, 4.69) is 17.1 Å². The van der Waals surface area contributed by atoms with Gasteiger partial charge in [0.2, 0.25) is 0 Å². The number of likely N-dealkylation sites (tertiary alicyclic amines) is 1. The number of benzene rings is 2. The SMILES string of the molecule is CC(C)(C)OC(=O)N1CC[C@H](Oc2ccc(C(O)CCc3cc4ccc(C#N)cc4[nH]3)cc2)C1. The van der Waals surface area contributed by atoms with Crippen molar-refractivity contribution in [2.24, 2.45) is 0 Å². The highest BCUT2D eigenvalue weighted by atomic mass is 16.6. The van der Waals surface area contributed by atoms with E-state index in [0.29, 0.717) is 31.5 Å². The molecule has 7 heteroatoms. The zero-order valence-electron chi connectivity index (χ0n) is 19.9. The van der Waals surface area contributed by atoms with Crippen LogP contribution >= 0.6 is 0 Å². The number of ether oxygens (including phenoxy) is 2. The van der Waals surface area contributed by atoms with Gasteiger partial charge < -0.3 is 24.5 Å². The number of aliphatic hydroxyl groups is 1. The van der Waals surface area contributed by atoms with Gasteiger partial charge in [0.15, 0.2) is 0 Å². The van der Waals surface area contributed by atoms with Gasteiger partial charge in [0.1, 0.15) is 17.5 Å². The van der Waals surface area contributed by atoms with Gasteiger partial charge in [-0.2, -0.15) is 5.26 Å². The highest BCUT2D eigenvalue weighted by Crippen LogP contribution is 2.25. The Morgan fingerprint density at radius 2 is 2.00 bits per heavy atom. The number of aryl methyl sites for hydroxylation is 1. The van der Waals surface area contributed by atoms with E-state index in [0.717, 1.165) is 34.3 Å². The summed E-state index contributed by atoms with van der Waals surface area (Å²) in [5.41, 5.74) is 2.90. The number of nitriles is 1. The van der Waals surface area contributed by atoms with E-state index in [4.69, 9.17) is 14.7 Å². The van der Waals surface area contributed by atoms with E-state index in [1.165, 1.54) is 0 Å². The maximum Gasteiger partial charge on any atom is 0.410 e. The van der Waals surface area contributed by atoms with Crippen molar-refractivity contribution in [3.05, 3.63) is 65.4 Å². The lowest BCUT2D eigenvalue weighted by Gasteiger charge is -2.24. The summed E-state index contributed by atoms with van der Waals surface area (Å²) in [6, 6.07) is 17.3. The van der Waals surface area contributed by atoms with Crippen molar-refractivity contribution in [2.45, 2.75) is 57.8 Å². The molecular formula is C27H31N3O4. The summed E-state index contributed by atoms with van der Waals surface area (Å²) in [4.78, 5) is 17.2. The molecule has 0 aliphatic carbocycles. The molecule has 178 valence electrons. The molecule has 34 heavy (non-hydrogen) atoms. The lowest BCUT2D eigenvalue weighted by atomic mass is 10.0. The predicted octanol–water partition coefficient (Wildman–Crippen LogP) is 5.09. The Labute approximate surface area is 199 Å². The largest absolute Gasteiger partial charge is 0.489 e. The Bertz CT molecular complexity index is 1190. The number of carbonyl (C=O) groups excluding carboxylic acids is 1. The molecule has 4 rings (SSSR count). The van der Waals surface area contributed by atoms with E-state index in [-0.39, 0.29) is 12.2 Å². The Morgan fingerprint density at radius 3 is 2.71 bits per heavy atom. The number of rotatable bonds is 6. The summed E-state index contributed by atoms with van der Waals surface area (Å²) in [6.07, 6.45) is 1.04. The second-order valence-corrected chi connectivity index (χ2v) is 9.79. The monoisotopic (exact) mass is 461 g/mol. The Balaban J connectivity index is 1.28. The van der Waals surface area contributed by atoms with Crippen LogP contribution in [0.5, 0.6) is 5.75 Å². The first-order chi connectivity index (χ1) is 16.2. The number of amides is 1. The van der Waals surface area contributed by atoms with Crippen molar-refractivity contribution in [1.82, 2.24) is 9.88 Å². The molecule has 7 nitrogen and oxygen atoms in total. The third-order valence-corrected chi connectivity index (χ3v) is 5.86. The average Bonchev–Trinajstić information content (AvgIpc) is 3.43. The topological polar surface area (TPSA) is 98.6 Å². The van der Waals surface area contributed by atoms with E-state index in [1.807, 2.05) is 57.2 Å². The molecule has 2 N–H and O–H groups in total. The van der Waals surface area contributed by atoms with Crippen molar-refractivity contribution in [1.29, 1.82) is 5.26 Å². The zero-order chi connectivity index (χ0) is 24.3. The summed E-state index contributed by atoms with van der Waals surface area (Å²) >= 11 is 0. The third-order valence-electron chi connectivity index (χ3n) is 5.86. The minimum atomic E-state index is -0.593. The first-order valence-electron chi connectivity index (χ1n) is 11.6. The summed E-state index contributed by atoms with van der Waals surface area (Å²) in [5.74, 6) is 0.718. The van der Waals surface area contributed by atoms with Gasteiger partial charge in [-0.15, -0.1) is 0 Å². The van der Waals surface area contributed by atoms with Crippen molar-refractivity contribution in [3.63, 3.8) is 0 Å². The minimum absolute atomic E-state index is 0.0770. The van der Waals surface area contributed by atoms with Crippen LogP contribution in [0.4, 0.5) is 4.79 Å². The number of nitrogens with zero attached hydrogens (tertiary/aromatic N) is 2. The van der Waals surface area contributed by atoms with E-state index in [9.17, 15) is 9.90 Å². The molecule has 1 aliphatic rings. The van der Waals surface area contributed by atoms with Gasteiger partial charge in [0.25, 0.3) is 0 Å². The second-order valence-electron chi connectivity index (χ2n) is 9.79. The minimum Gasteiger partial charge on any atom is -0.489 e. The van der Waals surface area contributed by atoms with Gasteiger partial charge in [0, 0.05) is 24.2 Å². The lowest BCUT2D eigenvalue weighted by molar-refractivity contribution is 0.0275. The standard InChI is InChI=1S/C27H31N3O4/c1-27(2,3)34-26(32)30-13-12-23(17-30)33-22-9-6-19(7-10-22)25(31)11-8-21-15-20-5-4-18(16-28)14-24(20)29-21/h4-7,9-10,14-15,23,25,29,31H,8,11-13,17H2,1-3H3/t23-,25?/m0/s1. The molecule has 2 atom stereocenters. The highest BCUT2D eigenvalue weighted by molar-refractivity contribution is 5.81. The molecule has 1 fully saturated rings. The van der Waals surface area contributed by atoms with E-state index >= 15 is 0 Å². The number of H-pyrrole nitrogens is 1. The van der Waals surface area contributed by atoms with E-state index < -0.39 is 11.7 Å². The van der Waals surface area contributed by atoms with Crippen LogP contribution < -0.4 is 4.74 Å². The smallest absolute Gasteiger partial charge is 0.410 e. The molecule has 1 aromatic heterocycles. The number of hydrogen-bond donors (Lipinski definition) is 2. The molecule has 1 amide bonds. The summed E-state index contributed by atoms with van der Waals surface area (Å²) in [7, 11) is 0. The quantitative estimate of drug-likeness (QED) is 0.532. The van der Waals surface area contributed by atoms with Crippen LogP contribution in [-0.4, -0.2) is 45.9 Å². The number of aromatic nitrogens is 1. The third kappa shape index (κ3) is 5.89. The van der Waals surface area contributed by atoms with Crippen LogP contribution in [0.25, 0.3) is 10.9 Å². The van der Waals surface area contributed by atoms with E-state index in [1.54, 1.807) is 11.0 Å². The molecule has 2 heterocycles. The first-order valence-corrected chi connectivity index (χ1v) is 11.6. The Hall–Kier alpha value is -3.50. The maximum atomic E-state index is 12.2. The number of carbonyl (C=O) groups is 1. The molecule has 0 bridgehead atoms. The highest BCUT2D eigenvalue weighted by Gasteiger charge is 2.30. The molecule has 0 saturated carbocycles. The van der Waals surface area contributed by atoms with Crippen LogP contribution in [0.3, 0.4) is 0 Å². The van der Waals surface area contributed by atoms with Crippen LogP contribution in [0.2, 0.25) is 0 Å². The number of hydrogen-bond acceptors (Lipinski definition) is 5. The summed E-state index contributed by atoms with van der Waals surface area (Å²) in [5, 5.41) is 20.8. The second kappa shape index (κ2) is 9.78. The number of nitrogens with one attached hydrogen (secondary N) is 1. The van der Waals surface area contributed by atoms with Crippen LogP contribution in [-0.2, 0) is 11.2 Å².